The van der Waals surface area contributed by atoms with Crippen molar-refractivity contribution in [3.05, 3.63) is 0 Å². The molecule has 0 aromatic carbocycles. The second-order valence-electron chi connectivity index (χ2n) is 5.59. The molecule has 1 saturated carbocycles. The summed E-state index contributed by atoms with van der Waals surface area (Å²) in [5.74, 6) is 0.122. The summed E-state index contributed by atoms with van der Waals surface area (Å²) < 4.78 is 0. The molecule has 1 aliphatic rings. The predicted octanol–water partition coefficient (Wildman–Crippen LogP) is 1.98. The van der Waals surface area contributed by atoms with E-state index in [1.807, 2.05) is 13.8 Å². The lowest BCUT2D eigenvalue weighted by Gasteiger charge is -2.32. The Bertz CT molecular complexity index is 314. The van der Waals surface area contributed by atoms with Crippen molar-refractivity contribution in [3.8, 4) is 6.07 Å². The van der Waals surface area contributed by atoms with Gasteiger partial charge < -0.3 is 10.4 Å². The minimum absolute atomic E-state index is 0.0466. The average molecular weight is 252 g/mol. The van der Waals surface area contributed by atoms with Crippen LogP contribution < -0.4 is 5.32 Å². The number of carbonyl (C=O) groups excluding carboxylic acids is 1. The van der Waals surface area contributed by atoms with E-state index in [9.17, 15) is 10.1 Å². The Hall–Kier alpha value is -1.08. The Morgan fingerprint density at radius 3 is 2.44 bits per heavy atom. The highest BCUT2D eigenvalue weighted by molar-refractivity contribution is 5.85. The lowest BCUT2D eigenvalue weighted by atomic mass is 9.74. The van der Waals surface area contributed by atoms with E-state index in [1.165, 1.54) is 0 Å². The van der Waals surface area contributed by atoms with Crippen molar-refractivity contribution < 1.29 is 9.90 Å². The molecule has 2 N–H and O–H groups in total. The topological polar surface area (TPSA) is 73.1 Å². The van der Waals surface area contributed by atoms with Crippen LogP contribution >= 0.6 is 0 Å². The molecule has 102 valence electrons. The summed E-state index contributed by atoms with van der Waals surface area (Å²) in [6.45, 7) is 4.09. The normalized spacial score (nSPS) is 20.2. The molecule has 0 saturated heterocycles. The highest BCUT2D eigenvalue weighted by Crippen LogP contribution is 2.36. The van der Waals surface area contributed by atoms with Gasteiger partial charge in [0.15, 0.2) is 0 Å². The molecule has 4 heteroatoms. The lowest BCUT2D eigenvalue weighted by Crippen LogP contribution is -2.48. The molecule has 1 rings (SSSR count). The Morgan fingerprint density at radius 2 is 2.00 bits per heavy atom. The fraction of sp³-hybridized carbons (Fsp3) is 0.857. The Morgan fingerprint density at radius 1 is 1.39 bits per heavy atom. The number of hydrogen-bond acceptors (Lipinski definition) is 3. The molecule has 0 bridgehead atoms. The van der Waals surface area contributed by atoms with Crippen LogP contribution in [-0.4, -0.2) is 23.7 Å². The maximum Gasteiger partial charge on any atom is 0.240 e. The van der Waals surface area contributed by atoms with Crippen LogP contribution in [0.4, 0.5) is 0 Å². The molecule has 1 unspecified atom stereocenters. The monoisotopic (exact) mass is 252 g/mol. The van der Waals surface area contributed by atoms with Crippen LogP contribution in [0.25, 0.3) is 0 Å². The number of aliphatic hydroxyl groups excluding tert-OH is 1. The molecule has 18 heavy (non-hydrogen) atoms. The standard InChI is InChI=1S/C14H24N2O2/c1-11(2)12(6-9-17)16-13(18)14(10-15)7-4-3-5-8-14/h11-12,17H,3-9H2,1-2H3,(H,16,18). The molecule has 1 atom stereocenters. The molecule has 1 amide bonds. The molecular formula is C14H24N2O2. The second kappa shape index (κ2) is 6.75. The SMILES string of the molecule is CC(C)C(CCO)NC(=O)C1(C#N)CCCCC1. The number of hydrogen-bond donors (Lipinski definition) is 2. The summed E-state index contributed by atoms with van der Waals surface area (Å²) in [7, 11) is 0. The van der Waals surface area contributed by atoms with Crippen LogP contribution in [0.5, 0.6) is 0 Å². The van der Waals surface area contributed by atoms with E-state index in [0.29, 0.717) is 19.3 Å². The van der Waals surface area contributed by atoms with Gasteiger partial charge in [-0.1, -0.05) is 33.1 Å². The first-order valence-electron chi connectivity index (χ1n) is 6.89. The number of amides is 1. The zero-order valence-electron chi connectivity index (χ0n) is 11.4. The highest BCUT2D eigenvalue weighted by atomic mass is 16.3. The van der Waals surface area contributed by atoms with Crippen LogP contribution in [0.1, 0.15) is 52.4 Å². The molecule has 1 aliphatic carbocycles. The van der Waals surface area contributed by atoms with E-state index in [4.69, 9.17) is 5.11 Å². The van der Waals surface area contributed by atoms with Gasteiger partial charge in [0.2, 0.25) is 5.91 Å². The van der Waals surface area contributed by atoms with Crippen molar-refractivity contribution in [3.63, 3.8) is 0 Å². The molecule has 0 aromatic rings. The zero-order chi connectivity index (χ0) is 13.6. The molecule has 0 heterocycles. The van der Waals surface area contributed by atoms with Crippen molar-refractivity contribution in [1.82, 2.24) is 5.32 Å². The maximum absolute atomic E-state index is 12.3. The lowest BCUT2D eigenvalue weighted by molar-refractivity contribution is -0.130. The van der Waals surface area contributed by atoms with Gasteiger partial charge in [-0.3, -0.25) is 4.79 Å². The largest absolute Gasteiger partial charge is 0.396 e. The quantitative estimate of drug-likeness (QED) is 0.785. The third kappa shape index (κ3) is 3.46. The van der Waals surface area contributed by atoms with Crippen molar-refractivity contribution in [2.45, 2.75) is 58.4 Å². The first-order chi connectivity index (χ1) is 8.55. The maximum atomic E-state index is 12.3. The molecule has 0 spiro atoms. The first-order valence-corrected chi connectivity index (χ1v) is 6.89. The van der Waals surface area contributed by atoms with E-state index < -0.39 is 5.41 Å². The van der Waals surface area contributed by atoms with Crippen LogP contribution in [0.2, 0.25) is 0 Å². The summed E-state index contributed by atoms with van der Waals surface area (Å²) >= 11 is 0. The second-order valence-corrected chi connectivity index (χ2v) is 5.59. The van der Waals surface area contributed by atoms with Crippen LogP contribution in [0, 0.1) is 22.7 Å². The van der Waals surface area contributed by atoms with Gasteiger partial charge in [0, 0.05) is 12.6 Å². The molecular weight excluding hydrogens is 228 g/mol. The van der Waals surface area contributed by atoms with Crippen molar-refractivity contribution in [2.75, 3.05) is 6.61 Å². The van der Waals surface area contributed by atoms with Gasteiger partial charge in [-0.15, -0.1) is 0 Å². The number of nitrogens with one attached hydrogen (secondary N) is 1. The molecule has 4 nitrogen and oxygen atoms in total. The number of rotatable bonds is 5. The Labute approximate surface area is 109 Å². The summed E-state index contributed by atoms with van der Waals surface area (Å²) in [5, 5.41) is 21.3. The van der Waals surface area contributed by atoms with E-state index in [2.05, 4.69) is 11.4 Å². The average Bonchev–Trinajstić information content (AvgIpc) is 2.38. The van der Waals surface area contributed by atoms with Gasteiger partial charge in [0.25, 0.3) is 0 Å². The van der Waals surface area contributed by atoms with E-state index in [0.717, 1.165) is 19.3 Å². The van der Waals surface area contributed by atoms with Crippen molar-refractivity contribution in [1.29, 1.82) is 5.26 Å². The van der Waals surface area contributed by atoms with Crippen molar-refractivity contribution in [2.24, 2.45) is 11.3 Å². The van der Waals surface area contributed by atoms with Crippen LogP contribution in [-0.2, 0) is 4.79 Å². The minimum Gasteiger partial charge on any atom is -0.396 e. The van der Waals surface area contributed by atoms with Gasteiger partial charge in [-0.2, -0.15) is 5.26 Å². The minimum atomic E-state index is -0.832. The summed E-state index contributed by atoms with van der Waals surface area (Å²) in [4.78, 5) is 12.3. The number of aliphatic hydroxyl groups is 1. The number of carbonyl (C=O) groups is 1. The zero-order valence-corrected chi connectivity index (χ0v) is 11.4. The third-order valence-corrected chi connectivity index (χ3v) is 3.92. The first kappa shape index (κ1) is 15.0. The summed E-state index contributed by atoms with van der Waals surface area (Å²) in [6, 6.07) is 2.18. The predicted molar refractivity (Wildman–Crippen MR) is 69.6 cm³/mol. The fourth-order valence-electron chi connectivity index (χ4n) is 2.56. The molecule has 0 aromatic heterocycles. The Balaban J connectivity index is 2.69. The molecule has 1 fully saturated rings. The van der Waals surface area contributed by atoms with Crippen LogP contribution in [0.15, 0.2) is 0 Å². The van der Waals surface area contributed by atoms with Gasteiger partial charge in [0.1, 0.15) is 5.41 Å². The highest BCUT2D eigenvalue weighted by Gasteiger charge is 2.40. The third-order valence-electron chi connectivity index (χ3n) is 3.92. The summed E-state index contributed by atoms with van der Waals surface area (Å²) in [5.41, 5.74) is -0.832. The van der Waals surface area contributed by atoms with Gasteiger partial charge >= 0.3 is 0 Å². The van der Waals surface area contributed by atoms with E-state index in [1.54, 1.807) is 0 Å². The van der Waals surface area contributed by atoms with Crippen LogP contribution in [0.3, 0.4) is 0 Å². The van der Waals surface area contributed by atoms with E-state index >= 15 is 0 Å². The van der Waals surface area contributed by atoms with Gasteiger partial charge in [-0.05, 0) is 25.2 Å². The fourth-order valence-corrected chi connectivity index (χ4v) is 2.56. The van der Waals surface area contributed by atoms with E-state index in [-0.39, 0.29) is 24.5 Å². The molecule has 0 radical (unpaired) electrons. The van der Waals surface area contributed by atoms with Gasteiger partial charge in [0.05, 0.1) is 6.07 Å². The smallest absolute Gasteiger partial charge is 0.240 e. The number of nitrogens with zero attached hydrogens (tertiary/aromatic N) is 1. The number of nitriles is 1. The summed E-state index contributed by atoms with van der Waals surface area (Å²) in [6.07, 6.45) is 4.89. The van der Waals surface area contributed by atoms with Crippen molar-refractivity contribution >= 4 is 5.91 Å². The molecule has 0 aliphatic heterocycles. The van der Waals surface area contributed by atoms with Gasteiger partial charge in [-0.25, -0.2) is 0 Å². The Kier molecular flexibility index (Phi) is 5.61.